The molecule has 0 spiro atoms. The van der Waals surface area contributed by atoms with Crippen LogP contribution in [-0.4, -0.2) is 95.5 Å². The maximum Gasteiger partial charge on any atom is 0.148 e. The molecular formula is C33H42FN9O2. The third-order valence-corrected chi connectivity index (χ3v) is 10.2. The van der Waals surface area contributed by atoms with Gasteiger partial charge in [0.1, 0.15) is 11.9 Å². The number of aliphatic hydroxyl groups is 1. The number of fused-ring (bicyclic) bond motifs is 4. The van der Waals surface area contributed by atoms with Crippen LogP contribution in [0.25, 0.3) is 28.2 Å². The highest BCUT2D eigenvalue weighted by Crippen LogP contribution is 2.52. The molecule has 12 heteroatoms. The number of aliphatic imine (C=N–C) groups is 1. The number of nitrogens with one attached hydrogen (secondary N) is 1. The summed E-state index contributed by atoms with van der Waals surface area (Å²) in [6.07, 6.45) is 10.6. The maximum atomic E-state index is 14.7. The smallest absolute Gasteiger partial charge is 0.148 e. The first-order chi connectivity index (χ1) is 21.7. The number of nitrogens with zero attached hydrogens (tertiary/aromatic N) is 8. The molecule has 3 saturated carbocycles. The predicted octanol–water partition coefficient (Wildman–Crippen LogP) is 4.55. The molecule has 1 atom stereocenters. The Balaban J connectivity index is 1.21. The van der Waals surface area contributed by atoms with Crippen molar-refractivity contribution in [3.8, 4) is 22.6 Å². The van der Waals surface area contributed by atoms with E-state index in [1.807, 2.05) is 29.0 Å². The molecule has 238 valence electrons. The van der Waals surface area contributed by atoms with Gasteiger partial charge in [0.2, 0.25) is 0 Å². The lowest BCUT2D eigenvalue weighted by Crippen LogP contribution is -2.62. The Morgan fingerprint density at radius 2 is 1.84 bits per heavy atom. The lowest BCUT2D eigenvalue weighted by atomic mass is 9.60. The Kier molecular flexibility index (Phi) is 7.69. The van der Waals surface area contributed by atoms with E-state index in [9.17, 15) is 9.50 Å². The fourth-order valence-electron chi connectivity index (χ4n) is 7.40. The van der Waals surface area contributed by atoms with E-state index in [0.717, 1.165) is 98.5 Å². The zero-order valence-corrected chi connectivity index (χ0v) is 26.1. The summed E-state index contributed by atoms with van der Waals surface area (Å²) in [5.74, 6) is 0. The number of anilines is 1. The molecule has 45 heavy (non-hydrogen) atoms. The van der Waals surface area contributed by atoms with Crippen molar-refractivity contribution >= 4 is 17.9 Å². The van der Waals surface area contributed by atoms with Gasteiger partial charge in [-0.25, -0.2) is 13.6 Å². The van der Waals surface area contributed by atoms with E-state index in [0.29, 0.717) is 12.2 Å². The summed E-state index contributed by atoms with van der Waals surface area (Å²) >= 11 is 0. The molecule has 4 aliphatic rings. The normalized spacial score (nSPS) is 24.6. The fourth-order valence-corrected chi connectivity index (χ4v) is 7.40. The highest BCUT2D eigenvalue weighted by molar-refractivity contribution is 5.79. The van der Waals surface area contributed by atoms with Gasteiger partial charge in [-0.15, -0.1) is 5.10 Å². The Bertz CT molecular complexity index is 1660. The van der Waals surface area contributed by atoms with Gasteiger partial charge in [0.05, 0.1) is 61.2 Å². The van der Waals surface area contributed by atoms with Crippen LogP contribution in [0.4, 0.5) is 10.1 Å². The first kappa shape index (κ1) is 29.9. The van der Waals surface area contributed by atoms with Crippen molar-refractivity contribution in [1.29, 1.82) is 0 Å². The second kappa shape index (κ2) is 11.6. The molecule has 11 nitrogen and oxygen atoms in total. The van der Waals surface area contributed by atoms with Gasteiger partial charge in [-0.1, -0.05) is 5.21 Å². The zero-order valence-electron chi connectivity index (χ0n) is 26.1. The van der Waals surface area contributed by atoms with Crippen molar-refractivity contribution in [3.05, 3.63) is 48.4 Å². The lowest BCUT2D eigenvalue weighted by Gasteiger charge is -2.58. The molecule has 4 aromatic heterocycles. The Labute approximate surface area is 262 Å². The summed E-state index contributed by atoms with van der Waals surface area (Å²) in [5.41, 5.74) is 4.72. The lowest BCUT2D eigenvalue weighted by molar-refractivity contribution is -0.0689. The largest absolute Gasteiger partial charge is 0.387 e. The second-order valence-electron chi connectivity index (χ2n) is 13.6. The molecule has 5 heterocycles. The molecule has 4 aromatic rings. The summed E-state index contributed by atoms with van der Waals surface area (Å²) in [4.78, 5) is 11.5. The van der Waals surface area contributed by atoms with Crippen LogP contribution in [-0.2, 0) is 17.8 Å². The molecule has 1 aliphatic heterocycles. The molecule has 0 radical (unpaired) electrons. The number of hydrogen-bond acceptors (Lipinski definition) is 9. The van der Waals surface area contributed by atoms with Crippen molar-refractivity contribution in [3.63, 3.8) is 0 Å². The van der Waals surface area contributed by atoms with Crippen LogP contribution in [0.2, 0.25) is 0 Å². The van der Waals surface area contributed by atoms with Gasteiger partial charge in [-0.2, -0.15) is 5.10 Å². The van der Waals surface area contributed by atoms with Crippen molar-refractivity contribution < 1.29 is 14.2 Å². The SMILES string of the molecule is C=NCc1cnn2c(-c3cc(NC45CCC(N6CCOCC6)(CC4)CC5)c(-c4cn(C[C@@H](F)C(C)(C)O)nn4)cn3)ccc2c1. The van der Waals surface area contributed by atoms with E-state index in [-0.39, 0.29) is 17.6 Å². The van der Waals surface area contributed by atoms with Crippen LogP contribution in [0.1, 0.15) is 57.9 Å². The standard InChI is InChI=1S/C33H42FN9O2/c1-31(2,44)30(34)22-42-21-28(39-40-42)25-20-36-27(29-5-4-24-16-23(18-35-3)19-37-43(24)29)17-26(25)38-32-6-9-33(10-7-32,11-8-32)41-12-14-45-15-13-41/h4-5,16-17,19-21,30,44H,3,6-15,18,22H2,1-2H3,(H,36,38)/t30-,32?,33?/m1/s1. The number of alkyl halides is 1. The van der Waals surface area contributed by atoms with Gasteiger partial charge in [0.25, 0.3) is 0 Å². The minimum absolute atomic E-state index is 0.0333. The number of aromatic nitrogens is 6. The third kappa shape index (κ3) is 5.75. The molecule has 8 rings (SSSR count). The molecule has 0 unspecified atom stereocenters. The summed E-state index contributed by atoms with van der Waals surface area (Å²) in [6, 6.07) is 8.21. The molecule has 2 N–H and O–H groups in total. The number of hydrogen-bond donors (Lipinski definition) is 2. The minimum atomic E-state index is -1.49. The van der Waals surface area contributed by atoms with Crippen LogP contribution in [0.5, 0.6) is 0 Å². The van der Waals surface area contributed by atoms with Gasteiger partial charge in [0, 0.05) is 41.6 Å². The predicted molar refractivity (Wildman–Crippen MR) is 171 cm³/mol. The van der Waals surface area contributed by atoms with E-state index in [1.165, 1.54) is 18.5 Å². The Hall–Kier alpha value is -3.74. The zero-order chi connectivity index (χ0) is 31.2. The molecule has 2 bridgehead atoms. The summed E-state index contributed by atoms with van der Waals surface area (Å²) in [5, 5.41) is 27.4. The van der Waals surface area contributed by atoms with Crippen LogP contribution < -0.4 is 5.32 Å². The third-order valence-electron chi connectivity index (χ3n) is 10.2. The number of halogens is 1. The average molecular weight is 616 g/mol. The quantitative estimate of drug-likeness (QED) is 0.250. The van der Waals surface area contributed by atoms with Gasteiger partial charge >= 0.3 is 0 Å². The van der Waals surface area contributed by atoms with E-state index < -0.39 is 11.8 Å². The number of rotatable bonds is 10. The highest BCUT2D eigenvalue weighted by atomic mass is 19.1. The summed E-state index contributed by atoms with van der Waals surface area (Å²) in [6.45, 7) is 10.6. The minimum Gasteiger partial charge on any atom is -0.387 e. The monoisotopic (exact) mass is 615 g/mol. The van der Waals surface area contributed by atoms with Crippen LogP contribution >= 0.6 is 0 Å². The Morgan fingerprint density at radius 3 is 2.56 bits per heavy atom. The summed E-state index contributed by atoms with van der Waals surface area (Å²) in [7, 11) is 0. The first-order valence-electron chi connectivity index (χ1n) is 15.9. The molecule has 0 amide bonds. The van der Waals surface area contributed by atoms with Gasteiger partial charge in [-0.05, 0) is 88.9 Å². The molecule has 4 fully saturated rings. The van der Waals surface area contributed by atoms with Gasteiger partial charge in [0.15, 0.2) is 0 Å². The van der Waals surface area contributed by atoms with Crippen molar-refractivity contribution in [2.75, 3.05) is 31.6 Å². The van der Waals surface area contributed by atoms with E-state index in [1.54, 1.807) is 6.20 Å². The van der Waals surface area contributed by atoms with E-state index >= 15 is 0 Å². The Morgan fingerprint density at radius 1 is 1.09 bits per heavy atom. The van der Waals surface area contributed by atoms with Crippen molar-refractivity contribution in [1.82, 2.24) is 34.5 Å². The molecule has 1 saturated heterocycles. The van der Waals surface area contributed by atoms with E-state index in [2.05, 4.69) is 49.5 Å². The van der Waals surface area contributed by atoms with Gasteiger partial charge < -0.3 is 15.2 Å². The topological polar surface area (TPSA) is 118 Å². The average Bonchev–Trinajstić information content (AvgIpc) is 3.69. The van der Waals surface area contributed by atoms with E-state index in [4.69, 9.17) is 9.72 Å². The fraction of sp³-hybridized carbons (Fsp3) is 0.545. The molecular weight excluding hydrogens is 573 g/mol. The van der Waals surface area contributed by atoms with Crippen molar-refractivity contribution in [2.24, 2.45) is 4.99 Å². The van der Waals surface area contributed by atoms with Crippen LogP contribution in [0.15, 0.2) is 47.8 Å². The molecule has 3 aliphatic carbocycles. The number of pyridine rings is 1. The van der Waals surface area contributed by atoms with Gasteiger partial charge in [-0.3, -0.25) is 14.9 Å². The maximum absolute atomic E-state index is 14.7. The van der Waals surface area contributed by atoms with Crippen molar-refractivity contribution in [2.45, 2.75) is 88.3 Å². The second-order valence-corrected chi connectivity index (χ2v) is 13.6. The van der Waals surface area contributed by atoms with Crippen LogP contribution in [0.3, 0.4) is 0 Å². The number of ether oxygens (including phenoxy) is 1. The summed E-state index contributed by atoms with van der Waals surface area (Å²) < 4.78 is 23.7. The first-order valence-corrected chi connectivity index (χ1v) is 15.9. The highest BCUT2D eigenvalue weighted by Gasteiger charge is 2.51. The van der Waals surface area contributed by atoms with Crippen LogP contribution in [0, 0.1) is 0 Å². The molecule has 0 aromatic carbocycles. The number of morpholine rings is 1.